The van der Waals surface area contributed by atoms with Gasteiger partial charge in [-0.25, -0.2) is 19.2 Å². The molecule has 12 nitrogen and oxygen atoms in total. The van der Waals surface area contributed by atoms with Crippen molar-refractivity contribution in [3.8, 4) is 11.5 Å². The summed E-state index contributed by atoms with van der Waals surface area (Å²) in [6.45, 7) is 0. The summed E-state index contributed by atoms with van der Waals surface area (Å²) in [5.74, 6) is -5.65. The van der Waals surface area contributed by atoms with Crippen molar-refractivity contribution >= 4 is 47.4 Å². The van der Waals surface area contributed by atoms with Crippen LogP contribution >= 0.6 is 0 Å². The van der Waals surface area contributed by atoms with E-state index in [1.54, 1.807) is 24.3 Å². The van der Waals surface area contributed by atoms with E-state index in [0.29, 0.717) is 22.6 Å². The molecule has 0 radical (unpaired) electrons. The fourth-order valence-corrected chi connectivity index (χ4v) is 5.27. The molecule has 232 valence electrons. The Balaban J connectivity index is 1.28. The fraction of sp³-hybridized carbons (Fsp3) is 0.375. The summed E-state index contributed by atoms with van der Waals surface area (Å²) in [6, 6.07) is 10.6. The molecule has 0 atom stereocenters. The molecule has 2 aromatic rings. The first kappa shape index (κ1) is 30.5. The number of anilines is 2. The molecule has 0 N–H and O–H groups in total. The third kappa shape index (κ3) is 5.79. The number of carbonyl (C=O) groups excluding carboxylic acids is 4. The molecule has 2 aromatic carbocycles. The van der Waals surface area contributed by atoms with Crippen LogP contribution in [-0.2, 0) is 38.1 Å². The lowest BCUT2D eigenvalue weighted by Gasteiger charge is -2.46. The lowest BCUT2D eigenvalue weighted by Crippen LogP contribution is -2.56. The normalized spacial score (nSPS) is 23.0. The summed E-state index contributed by atoms with van der Waals surface area (Å²) in [5.41, 5.74) is 2.17. The number of benzene rings is 2. The maximum atomic E-state index is 13.0. The molecular formula is C32H34N2O10. The van der Waals surface area contributed by atoms with Gasteiger partial charge in [0.05, 0.1) is 14.2 Å². The van der Waals surface area contributed by atoms with Gasteiger partial charge in [0.25, 0.3) is 11.6 Å². The Morgan fingerprint density at radius 1 is 0.591 bits per heavy atom. The molecular weight excluding hydrogens is 572 g/mol. The van der Waals surface area contributed by atoms with E-state index in [0.717, 1.165) is 11.4 Å². The molecule has 12 heteroatoms. The second-order valence-electron chi connectivity index (χ2n) is 11.1. The van der Waals surface area contributed by atoms with Gasteiger partial charge in [-0.2, -0.15) is 0 Å². The minimum atomic E-state index is -1.58. The maximum absolute atomic E-state index is 13.0. The number of carbonyl (C=O) groups is 4. The summed E-state index contributed by atoms with van der Waals surface area (Å²) in [4.78, 5) is 55.9. The molecule has 2 aliphatic heterocycles. The molecule has 1 aliphatic carbocycles. The highest BCUT2D eigenvalue weighted by atomic mass is 16.8. The second-order valence-corrected chi connectivity index (χ2v) is 11.1. The molecule has 3 fully saturated rings. The SMILES string of the molecule is COc1cc(N(C)C)ccc1C=C1C(=O)OC2(CCC3(CC2)OC(=O)C(=Cc2ccc(N(C)C)cc2OC)C(=O)O3)OC1=O. The van der Waals surface area contributed by atoms with Gasteiger partial charge in [0.15, 0.2) is 0 Å². The predicted octanol–water partition coefficient (Wildman–Crippen LogP) is 3.47. The smallest absolute Gasteiger partial charge is 0.348 e. The molecule has 3 aliphatic rings. The molecule has 2 spiro atoms. The van der Waals surface area contributed by atoms with Crippen LogP contribution in [0.4, 0.5) is 11.4 Å². The van der Waals surface area contributed by atoms with E-state index in [2.05, 4.69) is 0 Å². The van der Waals surface area contributed by atoms with E-state index in [1.807, 2.05) is 50.1 Å². The minimum absolute atomic E-state index is 0.0436. The quantitative estimate of drug-likeness (QED) is 0.271. The van der Waals surface area contributed by atoms with Crippen molar-refractivity contribution in [2.45, 2.75) is 37.3 Å². The molecule has 0 amide bonds. The molecule has 0 unspecified atom stereocenters. The number of esters is 4. The Morgan fingerprint density at radius 2 is 0.909 bits per heavy atom. The van der Waals surface area contributed by atoms with Crippen LogP contribution in [0.15, 0.2) is 47.5 Å². The maximum Gasteiger partial charge on any atom is 0.348 e. The van der Waals surface area contributed by atoms with Crippen LogP contribution < -0.4 is 19.3 Å². The Labute approximate surface area is 254 Å². The molecule has 5 rings (SSSR count). The Kier molecular flexibility index (Phi) is 8.02. The van der Waals surface area contributed by atoms with Crippen LogP contribution in [-0.4, -0.2) is 77.9 Å². The van der Waals surface area contributed by atoms with Gasteiger partial charge in [0.2, 0.25) is 0 Å². The Morgan fingerprint density at radius 3 is 1.18 bits per heavy atom. The van der Waals surface area contributed by atoms with Crippen molar-refractivity contribution in [3.05, 3.63) is 58.7 Å². The van der Waals surface area contributed by atoms with Crippen LogP contribution in [0.1, 0.15) is 36.8 Å². The van der Waals surface area contributed by atoms with Crippen molar-refractivity contribution in [1.82, 2.24) is 0 Å². The third-order valence-electron chi connectivity index (χ3n) is 7.83. The number of ether oxygens (including phenoxy) is 6. The predicted molar refractivity (Wildman–Crippen MR) is 159 cm³/mol. The fourth-order valence-electron chi connectivity index (χ4n) is 5.27. The molecule has 1 saturated carbocycles. The van der Waals surface area contributed by atoms with Gasteiger partial charge in [-0.15, -0.1) is 0 Å². The second kappa shape index (κ2) is 11.6. The Hall–Kier alpha value is -5.00. The first-order valence-corrected chi connectivity index (χ1v) is 14.0. The van der Waals surface area contributed by atoms with E-state index in [9.17, 15) is 19.2 Å². The molecule has 2 saturated heterocycles. The minimum Gasteiger partial charge on any atom is -0.496 e. The van der Waals surface area contributed by atoms with Crippen LogP contribution in [0.5, 0.6) is 11.5 Å². The number of hydrogen-bond acceptors (Lipinski definition) is 12. The van der Waals surface area contributed by atoms with Crippen LogP contribution in [0, 0.1) is 0 Å². The van der Waals surface area contributed by atoms with Crippen LogP contribution in [0.25, 0.3) is 12.2 Å². The number of nitrogens with zero attached hydrogens (tertiary/aromatic N) is 2. The number of rotatable bonds is 6. The summed E-state index contributed by atoms with van der Waals surface area (Å²) < 4.78 is 33.4. The van der Waals surface area contributed by atoms with Crippen molar-refractivity contribution < 1.29 is 47.6 Å². The zero-order valence-corrected chi connectivity index (χ0v) is 25.4. The van der Waals surface area contributed by atoms with Crippen molar-refractivity contribution in [1.29, 1.82) is 0 Å². The number of hydrogen-bond donors (Lipinski definition) is 0. The van der Waals surface area contributed by atoms with E-state index >= 15 is 0 Å². The number of methoxy groups -OCH3 is 2. The Bertz CT molecular complexity index is 1420. The lowest BCUT2D eigenvalue weighted by molar-refractivity contribution is -0.291. The first-order chi connectivity index (χ1) is 20.9. The molecule has 0 aromatic heterocycles. The molecule has 0 bridgehead atoms. The lowest BCUT2D eigenvalue weighted by atomic mass is 9.87. The van der Waals surface area contributed by atoms with Crippen molar-refractivity contribution in [3.63, 3.8) is 0 Å². The van der Waals surface area contributed by atoms with Gasteiger partial charge in [-0.05, 0) is 36.4 Å². The summed E-state index contributed by atoms with van der Waals surface area (Å²) >= 11 is 0. The highest BCUT2D eigenvalue weighted by Crippen LogP contribution is 2.45. The van der Waals surface area contributed by atoms with Gasteiger partial charge >= 0.3 is 23.9 Å². The van der Waals surface area contributed by atoms with Gasteiger partial charge < -0.3 is 38.2 Å². The van der Waals surface area contributed by atoms with Gasteiger partial charge in [-0.1, -0.05) is 0 Å². The third-order valence-corrected chi connectivity index (χ3v) is 7.83. The average Bonchev–Trinajstić information content (AvgIpc) is 2.98. The van der Waals surface area contributed by atoms with E-state index in [4.69, 9.17) is 28.4 Å². The molecule has 44 heavy (non-hydrogen) atoms. The first-order valence-electron chi connectivity index (χ1n) is 14.0. The van der Waals surface area contributed by atoms with Crippen molar-refractivity contribution in [2.75, 3.05) is 52.2 Å². The van der Waals surface area contributed by atoms with Gasteiger partial charge in [-0.3, -0.25) is 0 Å². The van der Waals surface area contributed by atoms with Gasteiger partial charge in [0.1, 0.15) is 22.6 Å². The zero-order chi connectivity index (χ0) is 31.8. The average molecular weight is 607 g/mol. The largest absolute Gasteiger partial charge is 0.496 e. The van der Waals surface area contributed by atoms with E-state index in [-0.39, 0.29) is 36.8 Å². The van der Waals surface area contributed by atoms with Gasteiger partial charge in [0, 0.05) is 88.5 Å². The van der Waals surface area contributed by atoms with Crippen LogP contribution in [0.3, 0.4) is 0 Å². The summed E-state index contributed by atoms with van der Waals surface area (Å²) in [6.07, 6.45) is 2.55. The van der Waals surface area contributed by atoms with E-state index < -0.39 is 35.5 Å². The highest BCUT2D eigenvalue weighted by Gasteiger charge is 2.56. The summed E-state index contributed by atoms with van der Waals surface area (Å²) in [7, 11) is 10.5. The van der Waals surface area contributed by atoms with Crippen molar-refractivity contribution in [2.24, 2.45) is 0 Å². The summed E-state index contributed by atoms with van der Waals surface area (Å²) in [5, 5.41) is 0. The van der Waals surface area contributed by atoms with Crippen LogP contribution in [0.2, 0.25) is 0 Å². The molecule has 2 heterocycles. The standard InChI is InChI=1S/C32H34N2O10/c1-33(2)21-9-7-19(25(17-21)39-5)15-23-27(35)41-31(42-28(23)36)11-13-32(14-12-31)43-29(37)24(30(38)44-32)16-20-8-10-22(34(3)4)18-26(20)40-6/h7-10,15-18H,11-14H2,1-6H3. The zero-order valence-electron chi connectivity index (χ0n) is 25.4. The van der Waals surface area contributed by atoms with E-state index in [1.165, 1.54) is 26.4 Å². The monoisotopic (exact) mass is 606 g/mol. The topological polar surface area (TPSA) is 130 Å². The highest BCUT2D eigenvalue weighted by molar-refractivity contribution is 6.20.